The Hall–Kier alpha value is -1.97. The number of thiazole rings is 1. The molecule has 2 N–H and O–H groups in total. The van der Waals surface area contributed by atoms with Crippen LogP contribution in [0.15, 0.2) is 23.1 Å². The third kappa shape index (κ3) is 4.53. The van der Waals surface area contributed by atoms with Crippen LogP contribution < -0.4 is 5.32 Å². The van der Waals surface area contributed by atoms with E-state index in [9.17, 15) is 18.3 Å². The number of anilines is 1. The van der Waals surface area contributed by atoms with E-state index < -0.39 is 15.9 Å². The number of nitrogens with zero attached hydrogens (tertiary/aromatic N) is 2. The van der Waals surface area contributed by atoms with Gasteiger partial charge in [-0.05, 0) is 25.1 Å². The fourth-order valence-electron chi connectivity index (χ4n) is 2.60. The van der Waals surface area contributed by atoms with Crippen molar-refractivity contribution in [3.8, 4) is 5.75 Å². The molecule has 0 aliphatic rings. The van der Waals surface area contributed by atoms with Crippen LogP contribution in [0.5, 0.6) is 5.75 Å². The van der Waals surface area contributed by atoms with E-state index in [-0.39, 0.29) is 21.7 Å². The van der Waals surface area contributed by atoms with E-state index in [4.69, 9.17) is 0 Å². The summed E-state index contributed by atoms with van der Waals surface area (Å²) in [6.45, 7) is 12.0. The van der Waals surface area contributed by atoms with Crippen molar-refractivity contribution in [2.75, 3.05) is 18.4 Å². The van der Waals surface area contributed by atoms with Gasteiger partial charge in [-0.1, -0.05) is 34.6 Å². The molecule has 0 fully saturated rings. The topological polar surface area (TPSA) is 99.6 Å². The summed E-state index contributed by atoms with van der Waals surface area (Å²) in [6, 6.07) is 3.88. The van der Waals surface area contributed by atoms with Crippen LogP contribution in [0.3, 0.4) is 0 Å². The van der Waals surface area contributed by atoms with Crippen molar-refractivity contribution in [3.05, 3.63) is 33.8 Å². The standard InChI is InChI=1S/C19H27N3O4S2/c1-7-22(8-2)28(25,26)13-9-10-15(23)14(11-13)21-17(24)16-12(3)20-18(27-16)19(4,5)6/h9-11,23H,7-8H2,1-6H3,(H,21,24). The van der Waals surface area contributed by atoms with Gasteiger partial charge in [0.1, 0.15) is 10.6 Å². The molecule has 0 aliphatic carbocycles. The fraction of sp³-hybridized carbons (Fsp3) is 0.474. The number of rotatable bonds is 6. The Morgan fingerprint density at radius 2 is 1.86 bits per heavy atom. The molecule has 0 saturated heterocycles. The number of aromatic hydroxyl groups is 1. The zero-order valence-corrected chi connectivity index (χ0v) is 18.7. The number of benzene rings is 1. The number of nitrogens with one attached hydrogen (secondary N) is 1. The zero-order chi connectivity index (χ0) is 21.3. The van der Waals surface area contributed by atoms with Gasteiger partial charge in [-0.25, -0.2) is 13.4 Å². The number of aryl methyl sites for hydroxylation is 1. The van der Waals surface area contributed by atoms with Crippen LogP contribution in [0.25, 0.3) is 0 Å². The van der Waals surface area contributed by atoms with Crippen molar-refractivity contribution in [1.29, 1.82) is 0 Å². The molecule has 1 heterocycles. The number of amides is 1. The normalized spacial score (nSPS) is 12.4. The molecule has 1 aromatic carbocycles. The molecule has 154 valence electrons. The lowest BCUT2D eigenvalue weighted by Crippen LogP contribution is -2.30. The van der Waals surface area contributed by atoms with Crippen LogP contribution in [-0.4, -0.2) is 41.8 Å². The second-order valence-corrected chi connectivity index (χ2v) is 10.3. The number of aromatic nitrogens is 1. The van der Waals surface area contributed by atoms with Crippen molar-refractivity contribution >= 4 is 33.0 Å². The first-order valence-electron chi connectivity index (χ1n) is 9.04. The minimum atomic E-state index is -3.70. The molecule has 0 bridgehead atoms. The first kappa shape index (κ1) is 22.3. The molecule has 2 aromatic rings. The van der Waals surface area contributed by atoms with Gasteiger partial charge in [0, 0.05) is 18.5 Å². The molecule has 7 nitrogen and oxygen atoms in total. The number of phenols is 1. The molecule has 0 unspecified atom stereocenters. The second kappa shape index (κ2) is 8.18. The summed E-state index contributed by atoms with van der Waals surface area (Å²) >= 11 is 1.29. The largest absolute Gasteiger partial charge is 0.506 e. The van der Waals surface area contributed by atoms with E-state index in [2.05, 4.69) is 10.3 Å². The highest BCUT2D eigenvalue weighted by molar-refractivity contribution is 7.89. The summed E-state index contributed by atoms with van der Waals surface area (Å²) in [5, 5.41) is 13.6. The molecular formula is C19H27N3O4S2. The average molecular weight is 426 g/mol. The van der Waals surface area contributed by atoms with E-state index in [0.717, 1.165) is 5.01 Å². The number of hydrogen-bond acceptors (Lipinski definition) is 6. The third-order valence-electron chi connectivity index (χ3n) is 4.20. The van der Waals surface area contributed by atoms with Gasteiger partial charge < -0.3 is 10.4 Å². The lowest BCUT2D eigenvalue weighted by atomic mass is 9.98. The maximum absolute atomic E-state index is 12.7. The third-order valence-corrected chi connectivity index (χ3v) is 7.83. The van der Waals surface area contributed by atoms with E-state index in [1.54, 1.807) is 20.8 Å². The van der Waals surface area contributed by atoms with Crippen LogP contribution in [0.1, 0.15) is 55.0 Å². The molecule has 0 aliphatic heterocycles. The fourth-order valence-corrected chi connectivity index (χ4v) is 5.10. The summed E-state index contributed by atoms with van der Waals surface area (Å²) < 4.78 is 26.7. The van der Waals surface area contributed by atoms with Gasteiger partial charge in [-0.3, -0.25) is 4.79 Å². The summed E-state index contributed by atoms with van der Waals surface area (Å²) in [4.78, 5) is 17.6. The van der Waals surface area contributed by atoms with Gasteiger partial charge in [-0.15, -0.1) is 11.3 Å². The molecule has 1 aromatic heterocycles. The number of sulfonamides is 1. The van der Waals surface area contributed by atoms with Crippen molar-refractivity contribution < 1.29 is 18.3 Å². The molecule has 28 heavy (non-hydrogen) atoms. The van der Waals surface area contributed by atoms with Gasteiger partial charge in [0.15, 0.2) is 0 Å². The number of phenolic OH excluding ortho intramolecular Hbond substituents is 1. The minimum Gasteiger partial charge on any atom is -0.506 e. The maximum atomic E-state index is 12.7. The van der Waals surface area contributed by atoms with Crippen molar-refractivity contribution in [2.45, 2.75) is 51.9 Å². The monoisotopic (exact) mass is 425 g/mol. The van der Waals surface area contributed by atoms with Crippen molar-refractivity contribution in [1.82, 2.24) is 9.29 Å². The molecule has 0 spiro atoms. The number of carbonyl (C=O) groups is 1. The van der Waals surface area contributed by atoms with Gasteiger partial charge in [0.25, 0.3) is 5.91 Å². The summed E-state index contributed by atoms with van der Waals surface area (Å²) in [5.74, 6) is -0.636. The van der Waals surface area contributed by atoms with Crippen LogP contribution in [0, 0.1) is 6.92 Å². The SMILES string of the molecule is CCN(CC)S(=O)(=O)c1ccc(O)c(NC(=O)c2sc(C(C)(C)C)nc2C)c1. The highest BCUT2D eigenvalue weighted by Gasteiger charge is 2.25. The molecule has 9 heteroatoms. The molecule has 1 amide bonds. The van der Waals surface area contributed by atoms with E-state index in [1.807, 2.05) is 20.8 Å². The molecular weight excluding hydrogens is 398 g/mol. The smallest absolute Gasteiger partial charge is 0.267 e. The minimum absolute atomic E-state index is 0.0145. The average Bonchev–Trinajstić information content (AvgIpc) is 2.99. The Labute approximate surface area is 170 Å². The number of carbonyl (C=O) groups excluding carboxylic acids is 1. The maximum Gasteiger partial charge on any atom is 0.267 e. The van der Waals surface area contributed by atoms with Gasteiger partial charge in [-0.2, -0.15) is 4.31 Å². The molecule has 0 saturated carbocycles. The van der Waals surface area contributed by atoms with Gasteiger partial charge >= 0.3 is 0 Å². The predicted molar refractivity (Wildman–Crippen MR) is 112 cm³/mol. The Balaban J connectivity index is 2.37. The highest BCUT2D eigenvalue weighted by Crippen LogP contribution is 2.32. The number of hydrogen-bond donors (Lipinski definition) is 2. The Bertz CT molecular complexity index is 972. The first-order chi connectivity index (χ1) is 12.9. The highest BCUT2D eigenvalue weighted by atomic mass is 32.2. The van der Waals surface area contributed by atoms with Gasteiger partial charge in [0.2, 0.25) is 10.0 Å². The van der Waals surface area contributed by atoms with Crippen LogP contribution in [-0.2, 0) is 15.4 Å². The second-order valence-electron chi connectivity index (χ2n) is 7.41. The van der Waals surface area contributed by atoms with E-state index in [0.29, 0.717) is 23.7 Å². The molecule has 0 radical (unpaired) electrons. The molecule has 2 rings (SSSR count). The summed E-state index contributed by atoms with van der Waals surface area (Å²) in [6.07, 6.45) is 0. The molecule has 0 atom stereocenters. The Morgan fingerprint density at radius 1 is 1.25 bits per heavy atom. The van der Waals surface area contributed by atoms with Crippen molar-refractivity contribution in [3.63, 3.8) is 0 Å². The predicted octanol–water partition coefficient (Wildman–Crippen LogP) is 3.74. The Kier molecular flexibility index (Phi) is 6.52. The first-order valence-corrected chi connectivity index (χ1v) is 11.3. The summed E-state index contributed by atoms with van der Waals surface area (Å²) in [5.41, 5.74) is 0.454. The lowest BCUT2D eigenvalue weighted by molar-refractivity contribution is 0.102. The lowest BCUT2D eigenvalue weighted by Gasteiger charge is -2.19. The van der Waals surface area contributed by atoms with Crippen molar-refractivity contribution in [2.24, 2.45) is 0 Å². The van der Waals surface area contributed by atoms with E-state index >= 15 is 0 Å². The van der Waals surface area contributed by atoms with Crippen LogP contribution in [0.4, 0.5) is 5.69 Å². The van der Waals surface area contributed by atoms with Crippen LogP contribution in [0.2, 0.25) is 0 Å². The summed E-state index contributed by atoms with van der Waals surface area (Å²) in [7, 11) is -3.70. The van der Waals surface area contributed by atoms with Crippen LogP contribution >= 0.6 is 11.3 Å². The van der Waals surface area contributed by atoms with Gasteiger partial charge in [0.05, 0.1) is 21.3 Å². The van der Waals surface area contributed by atoms with E-state index in [1.165, 1.54) is 33.8 Å². The Morgan fingerprint density at radius 3 is 2.36 bits per heavy atom. The quantitative estimate of drug-likeness (QED) is 0.687. The zero-order valence-electron chi connectivity index (χ0n) is 17.0.